The Morgan fingerprint density at radius 1 is 1.55 bits per heavy atom. The Morgan fingerprint density at radius 3 is 2.91 bits per heavy atom. The third-order valence-electron chi connectivity index (χ3n) is 2.17. The van der Waals surface area contributed by atoms with Gasteiger partial charge in [-0.05, 0) is 20.8 Å². The third-order valence-corrected chi connectivity index (χ3v) is 2.17. The van der Waals surface area contributed by atoms with Crippen LogP contribution in [0.5, 0.6) is 6.01 Å². The number of aryl methyl sites for hydroxylation is 1. The van der Waals surface area contributed by atoms with E-state index in [1.165, 1.54) is 5.69 Å². The van der Waals surface area contributed by atoms with Crippen LogP contribution in [0.1, 0.15) is 18.3 Å². The number of fused-ring (bicyclic) bond motifs is 1. The van der Waals surface area contributed by atoms with E-state index in [1.54, 1.807) is 0 Å². The van der Waals surface area contributed by atoms with Gasteiger partial charge in [-0.25, -0.2) is 4.98 Å². The number of rotatable bonds is 0. The Morgan fingerprint density at radius 2 is 2.27 bits per heavy atom. The van der Waals surface area contributed by atoms with Crippen LogP contribution >= 0.6 is 0 Å². The summed E-state index contributed by atoms with van der Waals surface area (Å²) in [6.07, 6.45) is 0.289. The zero-order chi connectivity index (χ0) is 8.01. The lowest BCUT2D eigenvalue weighted by Gasteiger charge is -2.00. The molecule has 0 fully saturated rings. The maximum absolute atomic E-state index is 5.46. The second-order valence-corrected chi connectivity index (χ2v) is 3.10. The molecule has 1 aromatic rings. The van der Waals surface area contributed by atoms with Crippen molar-refractivity contribution < 1.29 is 4.74 Å². The Kier molecular flexibility index (Phi) is 1.22. The van der Waals surface area contributed by atoms with Crippen molar-refractivity contribution in [1.82, 2.24) is 9.55 Å². The van der Waals surface area contributed by atoms with E-state index in [2.05, 4.69) is 23.4 Å². The van der Waals surface area contributed by atoms with E-state index in [0.29, 0.717) is 0 Å². The monoisotopic (exact) mass is 152 g/mol. The van der Waals surface area contributed by atoms with Gasteiger partial charge in [0.1, 0.15) is 6.10 Å². The molecule has 0 spiro atoms. The summed E-state index contributed by atoms with van der Waals surface area (Å²) >= 11 is 0. The van der Waals surface area contributed by atoms with Gasteiger partial charge in [0.25, 0.3) is 6.01 Å². The molecule has 1 aliphatic heterocycles. The lowest BCUT2D eigenvalue weighted by molar-refractivity contribution is 0.245. The fraction of sp³-hybridized carbons (Fsp3) is 0.625. The molecule has 0 radical (unpaired) electrons. The van der Waals surface area contributed by atoms with Crippen LogP contribution in [-0.4, -0.2) is 15.7 Å². The molecule has 1 atom stereocenters. The van der Waals surface area contributed by atoms with Gasteiger partial charge >= 0.3 is 0 Å². The van der Waals surface area contributed by atoms with Gasteiger partial charge in [-0.15, -0.1) is 0 Å². The molecule has 0 amide bonds. The maximum atomic E-state index is 5.46. The quantitative estimate of drug-likeness (QED) is 0.560. The molecule has 2 heterocycles. The standard InChI is InChI=1S/C8H12N2O/c1-5-4-10-7(3)6(2)9-8(10)11-5/h5H,4H2,1-3H3/t5-/m1/s1. The van der Waals surface area contributed by atoms with Crippen molar-refractivity contribution >= 4 is 0 Å². The van der Waals surface area contributed by atoms with Gasteiger partial charge in [0.2, 0.25) is 0 Å². The molecular weight excluding hydrogens is 140 g/mol. The van der Waals surface area contributed by atoms with Crippen molar-refractivity contribution in [3.8, 4) is 6.01 Å². The molecular formula is C8H12N2O. The Balaban J connectivity index is 2.48. The normalized spacial score (nSPS) is 21.5. The first kappa shape index (κ1) is 6.70. The van der Waals surface area contributed by atoms with Crippen LogP contribution in [0.15, 0.2) is 0 Å². The summed E-state index contributed by atoms with van der Waals surface area (Å²) in [6.45, 7) is 7.09. The molecule has 3 nitrogen and oxygen atoms in total. The smallest absolute Gasteiger partial charge is 0.297 e. The predicted molar refractivity (Wildman–Crippen MR) is 41.8 cm³/mol. The molecule has 0 aromatic carbocycles. The minimum Gasteiger partial charge on any atom is -0.460 e. The topological polar surface area (TPSA) is 27.1 Å². The molecule has 1 aromatic heterocycles. The van der Waals surface area contributed by atoms with E-state index in [0.717, 1.165) is 18.2 Å². The molecule has 0 aliphatic carbocycles. The largest absolute Gasteiger partial charge is 0.460 e. The average Bonchev–Trinajstić information content (AvgIpc) is 2.37. The summed E-state index contributed by atoms with van der Waals surface area (Å²) in [6, 6.07) is 0.785. The minimum atomic E-state index is 0.289. The summed E-state index contributed by atoms with van der Waals surface area (Å²) in [4.78, 5) is 4.28. The Hall–Kier alpha value is -0.990. The summed E-state index contributed by atoms with van der Waals surface area (Å²) in [5.74, 6) is 0. The van der Waals surface area contributed by atoms with Crippen LogP contribution in [0.3, 0.4) is 0 Å². The van der Waals surface area contributed by atoms with Gasteiger partial charge in [-0.2, -0.15) is 0 Å². The van der Waals surface area contributed by atoms with E-state index < -0.39 is 0 Å². The van der Waals surface area contributed by atoms with Crippen LogP contribution in [0.25, 0.3) is 0 Å². The second-order valence-electron chi connectivity index (χ2n) is 3.10. The third kappa shape index (κ3) is 0.836. The zero-order valence-electron chi connectivity index (χ0n) is 7.09. The average molecular weight is 152 g/mol. The summed E-state index contributed by atoms with van der Waals surface area (Å²) in [5.41, 5.74) is 2.30. The zero-order valence-corrected chi connectivity index (χ0v) is 7.09. The number of aromatic nitrogens is 2. The molecule has 0 bridgehead atoms. The number of nitrogens with zero attached hydrogens (tertiary/aromatic N) is 2. The van der Waals surface area contributed by atoms with Crippen LogP contribution in [0.2, 0.25) is 0 Å². The first-order valence-electron chi connectivity index (χ1n) is 3.89. The summed E-state index contributed by atoms with van der Waals surface area (Å²) in [5, 5.41) is 0. The van der Waals surface area contributed by atoms with Crippen molar-refractivity contribution in [1.29, 1.82) is 0 Å². The fourth-order valence-electron chi connectivity index (χ4n) is 1.40. The van der Waals surface area contributed by atoms with Gasteiger partial charge in [-0.3, -0.25) is 4.57 Å². The first-order chi connectivity index (χ1) is 5.18. The van der Waals surface area contributed by atoms with Crippen LogP contribution in [0.4, 0.5) is 0 Å². The molecule has 2 rings (SSSR count). The highest BCUT2D eigenvalue weighted by atomic mass is 16.5. The molecule has 0 N–H and O–H groups in total. The van der Waals surface area contributed by atoms with Gasteiger partial charge in [0.15, 0.2) is 0 Å². The Labute approximate surface area is 66.0 Å². The van der Waals surface area contributed by atoms with E-state index >= 15 is 0 Å². The molecule has 3 heteroatoms. The molecule has 0 saturated heterocycles. The number of ether oxygens (including phenoxy) is 1. The number of hydrogen-bond donors (Lipinski definition) is 0. The van der Waals surface area contributed by atoms with Crippen molar-refractivity contribution in [2.75, 3.05) is 0 Å². The molecule has 1 aliphatic rings. The van der Waals surface area contributed by atoms with Crippen LogP contribution in [-0.2, 0) is 6.54 Å². The predicted octanol–water partition coefficient (Wildman–Crippen LogP) is 1.28. The first-order valence-corrected chi connectivity index (χ1v) is 3.89. The van der Waals surface area contributed by atoms with Crippen molar-refractivity contribution in [3.05, 3.63) is 11.4 Å². The Bertz CT molecular complexity index is 291. The fourth-order valence-corrected chi connectivity index (χ4v) is 1.40. The maximum Gasteiger partial charge on any atom is 0.297 e. The molecule has 0 saturated carbocycles. The van der Waals surface area contributed by atoms with Gasteiger partial charge in [0.05, 0.1) is 12.2 Å². The molecule has 60 valence electrons. The molecule has 11 heavy (non-hydrogen) atoms. The van der Waals surface area contributed by atoms with Gasteiger partial charge in [0, 0.05) is 5.69 Å². The van der Waals surface area contributed by atoms with Crippen molar-refractivity contribution in [2.24, 2.45) is 0 Å². The highest BCUT2D eigenvalue weighted by molar-refractivity contribution is 5.19. The van der Waals surface area contributed by atoms with Crippen molar-refractivity contribution in [2.45, 2.75) is 33.4 Å². The summed E-state index contributed by atoms with van der Waals surface area (Å²) < 4.78 is 7.59. The number of hydrogen-bond acceptors (Lipinski definition) is 2. The van der Waals surface area contributed by atoms with Gasteiger partial charge in [-0.1, -0.05) is 0 Å². The van der Waals surface area contributed by atoms with E-state index in [9.17, 15) is 0 Å². The van der Waals surface area contributed by atoms with Crippen LogP contribution in [0, 0.1) is 13.8 Å². The highest BCUT2D eigenvalue weighted by Crippen LogP contribution is 2.23. The van der Waals surface area contributed by atoms with Crippen molar-refractivity contribution in [3.63, 3.8) is 0 Å². The lowest BCUT2D eigenvalue weighted by Crippen LogP contribution is -2.09. The van der Waals surface area contributed by atoms with E-state index in [-0.39, 0.29) is 6.10 Å². The van der Waals surface area contributed by atoms with E-state index in [1.807, 2.05) is 6.92 Å². The van der Waals surface area contributed by atoms with Gasteiger partial charge < -0.3 is 4.74 Å². The van der Waals surface area contributed by atoms with Crippen LogP contribution < -0.4 is 4.74 Å². The second kappa shape index (κ2) is 2.00. The highest BCUT2D eigenvalue weighted by Gasteiger charge is 2.22. The summed E-state index contributed by atoms with van der Waals surface area (Å²) in [7, 11) is 0. The lowest BCUT2D eigenvalue weighted by atomic mass is 10.3. The minimum absolute atomic E-state index is 0.289. The SMILES string of the molecule is Cc1nc2n(c1C)C[C@@H](C)O2. The molecule has 0 unspecified atom stereocenters. The number of imidazole rings is 1. The van der Waals surface area contributed by atoms with E-state index in [4.69, 9.17) is 4.74 Å².